The van der Waals surface area contributed by atoms with Crippen LogP contribution in [-0.4, -0.2) is 15.0 Å². The van der Waals surface area contributed by atoms with E-state index in [1.165, 1.54) is 166 Å². The quantitative estimate of drug-likeness (QED) is 0.142. The first-order valence-corrected chi connectivity index (χ1v) is 32.4. The molecule has 0 N–H and O–H groups in total. The Bertz CT molecular complexity index is 4270. The number of aliphatic imine (C=N–C) groups is 1. The molecule has 432 valence electrons. The predicted octanol–water partition coefficient (Wildman–Crippen LogP) is 22.3. The maximum absolute atomic E-state index is 5.11. The molecular formula is C82H83N3S. The van der Waals surface area contributed by atoms with Gasteiger partial charge in [-0.2, -0.15) is 8.75 Å². The third kappa shape index (κ3) is 10.9. The molecule has 3 nitrogen and oxygen atoms in total. The summed E-state index contributed by atoms with van der Waals surface area (Å²) in [6.07, 6.45) is 15.4. The molecule has 0 fully saturated rings. The van der Waals surface area contributed by atoms with Gasteiger partial charge in [-0.3, -0.25) is 4.99 Å². The summed E-state index contributed by atoms with van der Waals surface area (Å²) in [7, 11) is 0. The molecule has 1 aromatic heterocycles. The highest BCUT2D eigenvalue weighted by Crippen LogP contribution is 2.52. The Labute approximate surface area is 516 Å². The molecule has 0 amide bonds. The fourth-order valence-electron chi connectivity index (χ4n) is 14.0. The van der Waals surface area contributed by atoms with Gasteiger partial charge in [0.25, 0.3) is 0 Å². The van der Waals surface area contributed by atoms with Crippen molar-refractivity contribution in [1.29, 1.82) is 0 Å². The topological polar surface area (TPSA) is 38.1 Å². The molecule has 0 saturated carbocycles. The van der Waals surface area contributed by atoms with E-state index in [1.807, 2.05) is 6.21 Å². The molecule has 13 rings (SSSR count). The van der Waals surface area contributed by atoms with E-state index in [-0.39, 0.29) is 33.5 Å². The van der Waals surface area contributed by atoms with E-state index in [1.54, 1.807) is 0 Å². The average Bonchev–Trinajstić information content (AvgIpc) is 0.873. The van der Waals surface area contributed by atoms with Gasteiger partial charge in [-0.05, 0) is 176 Å². The Hall–Kier alpha value is -7.79. The highest BCUT2D eigenvalue weighted by molar-refractivity contribution is 7.00. The predicted molar refractivity (Wildman–Crippen MR) is 368 cm³/mol. The lowest BCUT2D eigenvalue weighted by Crippen LogP contribution is -2.14. The molecule has 1 heterocycles. The van der Waals surface area contributed by atoms with Gasteiger partial charge >= 0.3 is 0 Å². The maximum atomic E-state index is 5.11. The molecule has 86 heavy (non-hydrogen) atoms. The number of hydrogen-bond donors (Lipinski definition) is 0. The van der Waals surface area contributed by atoms with Crippen LogP contribution < -0.4 is 0 Å². The van der Waals surface area contributed by atoms with Crippen molar-refractivity contribution < 1.29 is 0 Å². The van der Waals surface area contributed by atoms with Crippen LogP contribution >= 0.6 is 11.7 Å². The van der Waals surface area contributed by atoms with Gasteiger partial charge in [0.05, 0.1) is 17.4 Å². The highest BCUT2D eigenvalue weighted by atomic mass is 32.1. The zero-order chi connectivity index (χ0) is 59.9. The molecule has 0 bridgehead atoms. The molecule has 10 aromatic rings. The van der Waals surface area contributed by atoms with Gasteiger partial charge in [0, 0.05) is 29.2 Å². The number of benzene rings is 9. The molecule has 0 saturated heterocycles. The van der Waals surface area contributed by atoms with Crippen molar-refractivity contribution in [2.45, 2.75) is 162 Å². The molecule has 4 heteroatoms. The van der Waals surface area contributed by atoms with Gasteiger partial charge < -0.3 is 0 Å². The van der Waals surface area contributed by atoms with Gasteiger partial charge in [0.15, 0.2) is 0 Å². The highest BCUT2D eigenvalue weighted by Gasteiger charge is 2.33. The third-order valence-corrected chi connectivity index (χ3v) is 19.6. The Balaban J connectivity index is 0.869. The van der Waals surface area contributed by atoms with Gasteiger partial charge in [-0.1, -0.05) is 272 Å². The van der Waals surface area contributed by atoms with Crippen LogP contribution in [0.1, 0.15) is 210 Å². The van der Waals surface area contributed by atoms with Crippen molar-refractivity contribution in [2.75, 3.05) is 0 Å². The number of hydrogen-bond acceptors (Lipinski definition) is 4. The van der Waals surface area contributed by atoms with Crippen LogP contribution in [0.2, 0.25) is 0 Å². The van der Waals surface area contributed by atoms with Crippen LogP contribution in [0.4, 0.5) is 5.69 Å². The van der Waals surface area contributed by atoms with Crippen LogP contribution in [0, 0.1) is 0 Å². The first-order valence-electron chi connectivity index (χ1n) is 31.7. The first-order chi connectivity index (χ1) is 41.2. The first kappa shape index (κ1) is 57.3. The molecule has 0 aliphatic heterocycles. The summed E-state index contributed by atoms with van der Waals surface area (Å²) in [5, 5.41) is 2.73. The zero-order valence-electron chi connectivity index (χ0n) is 52.8. The van der Waals surface area contributed by atoms with E-state index in [9.17, 15) is 0 Å². The Morgan fingerprint density at radius 2 is 0.733 bits per heavy atom. The lowest BCUT2D eigenvalue weighted by atomic mass is 9.70. The monoisotopic (exact) mass is 1140 g/mol. The largest absolute Gasteiger partial charge is 0.256 e. The smallest absolute Gasteiger partial charge is 0.113 e. The van der Waals surface area contributed by atoms with Crippen LogP contribution in [-0.2, 0) is 34.5 Å². The molecule has 9 aromatic carbocycles. The van der Waals surface area contributed by atoms with Crippen molar-refractivity contribution in [3.8, 4) is 22.3 Å². The third-order valence-electron chi connectivity index (χ3n) is 19.0. The minimum atomic E-state index is 0.0267. The van der Waals surface area contributed by atoms with Crippen molar-refractivity contribution >= 4 is 56.6 Å². The van der Waals surface area contributed by atoms with E-state index in [2.05, 4.69) is 265 Å². The Kier molecular flexibility index (Phi) is 14.8. The molecule has 3 aliphatic rings. The second-order valence-corrected chi connectivity index (χ2v) is 29.6. The summed E-state index contributed by atoms with van der Waals surface area (Å²) in [6, 6.07) is 65.3. The number of rotatable bonds is 8. The standard InChI is InChI=1S/C82H83N3S/c1-79(2,3)58-34-24-53(25-35-58)70-48-69(65-44-45-67-71(54-26-36-59(37-27-54)80(4,5)6)49-72(68-47-46-66(70)75(65)76(67)68)55-28-38-60(39-29-55)81(7,8)9)52-22-20-51(21-23-52)50-83-62-42-32-57(33-43-62)74-64-19-17-15-13-14-16-18-63(64)73(77-78(74)85-86-84-77)56-30-40-61(41-31-56)82(10,11)12/h20-50,69,71H,13-19H2,1-12H3/b83-50+. The normalized spacial score (nSPS) is 16.6. The Morgan fingerprint density at radius 3 is 1.13 bits per heavy atom. The minimum Gasteiger partial charge on any atom is -0.256 e. The van der Waals surface area contributed by atoms with E-state index < -0.39 is 0 Å². The minimum absolute atomic E-state index is 0.0267. The summed E-state index contributed by atoms with van der Waals surface area (Å²) in [6.45, 7) is 27.6. The fraction of sp³-hybridized carbons (Fsp3) is 0.305. The zero-order valence-corrected chi connectivity index (χ0v) is 53.6. The average molecular weight is 1140 g/mol. The van der Waals surface area contributed by atoms with E-state index in [4.69, 9.17) is 13.7 Å². The molecule has 2 unspecified atom stereocenters. The van der Waals surface area contributed by atoms with Crippen molar-refractivity contribution in [3.05, 3.63) is 265 Å². The number of fused-ring (bicyclic) bond motifs is 2. The maximum Gasteiger partial charge on any atom is 0.113 e. The molecule has 0 radical (unpaired) electrons. The lowest BCUT2D eigenvalue weighted by molar-refractivity contribution is 0.589. The van der Waals surface area contributed by atoms with Gasteiger partial charge in [-0.25, -0.2) is 0 Å². The second kappa shape index (κ2) is 22.2. The Morgan fingerprint density at radius 1 is 0.384 bits per heavy atom. The van der Waals surface area contributed by atoms with Crippen LogP contribution in [0.5, 0.6) is 0 Å². The summed E-state index contributed by atoms with van der Waals surface area (Å²) in [5.41, 5.74) is 30.6. The molecule has 0 spiro atoms. The summed E-state index contributed by atoms with van der Waals surface area (Å²) in [4.78, 5) is 5.11. The van der Waals surface area contributed by atoms with Crippen LogP contribution in [0.25, 0.3) is 55.2 Å². The lowest BCUT2D eigenvalue weighted by Gasteiger charge is -2.33. The summed E-state index contributed by atoms with van der Waals surface area (Å²) < 4.78 is 10.1. The molecule has 2 atom stereocenters. The number of aromatic nitrogens is 2. The number of nitrogens with zero attached hydrogens (tertiary/aromatic N) is 3. The van der Waals surface area contributed by atoms with Crippen molar-refractivity contribution in [2.24, 2.45) is 4.99 Å². The molecular weight excluding hydrogens is 1060 g/mol. The van der Waals surface area contributed by atoms with Crippen molar-refractivity contribution in [1.82, 2.24) is 8.75 Å². The summed E-state index contributed by atoms with van der Waals surface area (Å²) in [5.74, 6) is 0.107. The number of allylic oxidation sites excluding steroid dienone is 2. The van der Waals surface area contributed by atoms with Gasteiger partial charge in [0.1, 0.15) is 11.0 Å². The van der Waals surface area contributed by atoms with Crippen LogP contribution in [0.3, 0.4) is 0 Å². The molecule has 3 aliphatic carbocycles. The van der Waals surface area contributed by atoms with Crippen LogP contribution in [0.15, 0.2) is 187 Å². The fourth-order valence-corrected chi connectivity index (χ4v) is 14.5. The SMILES string of the molecule is CC(C)(C)c1ccc(C2=CC(c3ccc(/C=N/c4ccc(-c5c6c(c(-c7ccc(C(C)(C)C)cc7)c7nsnc57)CCCCCCC6)cc4)cc3)c3ccc4c5c(ccc2c35)C(c2ccc(C(C)(C)C)cc2)=CC4c2ccc(C(C)(C)C)cc2)cc1. The van der Waals surface area contributed by atoms with Gasteiger partial charge in [0.2, 0.25) is 0 Å². The summed E-state index contributed by atoms with van der Waals surface area (Å²) >= 11 is 1.34. The van der Waals surface area contributed by atoms with E-state index >= 15 is 0 Å². The van der Waals surface area contributed by atoms with E-state index in [0.717, 1.165) is 35.1 Å². The second-order valence-electron chi connectivity index (χ2n) is 29.0. The van der Waals surface area contributed by atoms with Gasteiger partial charge in [-0.15, -0.1) is 0 Å². The van der Waals surface area contributed by atoms with Crippen molar-refractivity contribution in [3.63, 3.8) is 0 Å². The van der Waals surface area contributed by atoms with E-state index in [0.29, 0.717) is 0 Å².